The van der Waals surface area contributed by atoms with Crippen molar-refractivity contribution in [2.24, 2.45) is 5.41 Å². The maximum atomic E-state index is 13.2. The van der Waals surface area contributed by atoms with E-state index in [-0.39, 0.29) is 16.8 Å². The molecule has 0 fully saturated rings. The van der Waals surface area contributed by atoms with Gasteiger partial charge in [0.1, 0.15) is 12.4 Å². The zero-order valence-corrected chi connectivity index (χ0v) is 30.3. The number of esters is 1. The Kier molecular flexibility index (Phi) is 9.93. The molecule has 256 valence electrons. The lowest BCUT2D eigenvalue weighted by molar-refractivity contribution is -0.153. The minimum atomic E-state index is -0.727. The predicted molar refractivity (Wildman–Crippen MR) is 198 cm³/mol. The number of thioether (sulfide) groups is 1. The quantitative estimate of drug-likeness (QED) is 0.104. The van der Waals surface area contributed by atoms with Gasteiger partial charge < -0.3 is 24.1 Å². The van der Waals surface area contributed by atoms with Crippen LogP contribution in [0.25, 0.3) is 22.2 Å². The van der Waals surface area contributed by atoms with Crippen molar-refractivity contribution < 1.29 is 19.0 Å². The van der Waals surface area contributed by atoms with Crippen molar-refractivity contribution >= 4 is 34.3 Å². The van der Waals surface area contributed by atoms with Crippen molar-refractivity contribution in [3.05, 3.63) is 95.7 Å². The van der Waals surface area contributed by atoms with Crippen molar-refractivity contribution in [1.29, 1.82) is 0 Å². The Balaban J connectivity index is 1.37. The summed E-state index contributed by atoms with van der Waals surface area (Å²) >= 11 is 1.83. The molecule has 0 saturated heterocycles. The van der Waals surface area contributed by atoms with Gasteiger partial charge in [-0.25, -0.2) is 0 Å². The largest absolute Gasteiger partial charge is 0.491 e. The van der Waals surface area contributed by atoms with Crippen LogP contribution in [0.5, 0.6) is 11.6 Å². The Hall–Kier alpha value is -4.50. The summed E-state index contributed by atoms with van der Waals surface area (Å²) in [6.45, 7) is 14.0. The molecule has 3 heterocycles. The first-order valence-corrected chi connectivity index (χ1v) is 17.7. The number of para-hydroxylation sites is 1. The summed E-state index contributed by atoms with van der Waals surface area (Å²) < 4.78 is 19.5. The van der Waals surface area contributed by atoms with Crippen LogP contribution in [-0.4, -0.2) is 51.8 Å². The Morgan fingerprint density at radius 1 is 0.980 bits per heavy atom. The number of anilines is 1. The summed E-state index contributed by atoms with van der Waals surface area (Å²) in [4.78, 5) is 14.4. The molecule has 0 unspecified atom stereocenters. The smallest absolute Gasteiger partial charge is 0.311 e. The van der Waals surface area contributed by atoms with E-state index in [2.05, 4.69) is 108 Å². The highest BCUT2D eigenvalue weighted by molar-refractivity contribution is 8.00. The number of carbonyl (C=O) groups excluding carboxylic acids is 1. The average molecular weight is 679 g/mol. The highest BCUT2D eigenvalue weighted by Gasteiger charge is 2.34. The molecule has 0 spiro atoms. The minimum absolute atomic E-state index is 0.0701. The number of hydrogen-bond acceptors (Lipinski definition) is 8. The molecule has 0 radical (unpaired) electrons. The molecule has 0 aliphatic carbocycles. The van der Waals surface area contributed by atoms with Gasteiger partial charge in [0.05, 0.1) is 30.9 Å². The summed E-state index contributed by atoms with van der Waals surface area (Å²) in [5, 5.41) is 13.2. The van der Waals surface area contributed by atoms with Crippen LogP contribution in [-0.2, 0) is 28.9 Å². The number of ether oxygens (including phenoxy) is 3. The van der Waals surface area contributed by atoms with Crippen molar-refractivity contribution in [1.82, 2.24) is 14.8 Å². The molecule has 8 nitrogen and oxygen atoms in total. The van der Waals surface area contributed by atoms with Crippen LogP contribution in [0.3, 0.4) is 0 Å². The summed E-state index contributed by atoms with van der Waals surface area (Å²) in [5.41, 5.74) is 6.89. The zero-order valence-electron chi connectivity index (χ0n) is 29.5. The fourth-order valence-electron chi connectivity index (χ4n) is 6.26. The third-order valence-corrected chi connectivity index (χ3v) is 9.94. The third-order valence-electron chi connectivity index (χ3n) is 8.67. The van der Waals surface area contributed by atoms with E-state index in [9.17, 15) is 4.79 Å². The number of nitrogens with zero attached hydrogens (tertiary/aromatic N) is 3. The van der Waals surface area contributed by atoms with Crippen molar-refractivity contribution in [3.63, 3.8) is 0 Å². The van der Waals surface area contributed by atoms with Gasteiger partial charge in [-0.2, -0.15) is 0 Å². The van der Waals surface area contributed by atoms with Crippen molar-refractivity contribution in [2.75, 3.05) is 25.6 Å². The predicted octanol–water partition coefficient (Wildman–Crippen LogP) is 8.59. The second-order valence-corrected chi connectivity index (χ2v) is 16.0. The van der Waals surface area contributed by atoms with E-state index in [4.69, 9.17) is 14.2 Å². The minimum Gasteiger partial charge on any atom is -0.491 e. The SMILES string of the molecule is CCOC(=O)C(C)(C)Cc1c(SC(C)(C)C)c2cc(OC[C@@H]3Cc4ccccc4N3)ccc2n1Cc1ccc(-c2ccc(OC)nn2)cc1. The lowest BCUT2D eigenvalue weighted by Gasteiger charge is -2.26. The van der Waals surface area contributed by atoms with Gasteiger partial charge in [0.2, 0.25) is 5.88 Å². The van der Waals surface area contributed by atoms with E-state index in [0.717, 1.165) is 45.6 Å². The van der Waals surface area contributed by atoms with Gasteiger partial charge >= 0.3 is 5.97 Å². The number of carbonyl (C=O) groups is 1. The number of hydrogen-bond donors (Lipinski definition) is 1. The van der Waals surface area contributed by atoms with Gasteiger partial charge in [-0.05, 0) is 68.7 Å². The van der Waals surface area contributed by atoms with Crippen LogP contribution < -0.4 is 14.8 Å². The van der Waals surface area contributed by atoms with Gasteiger partial charge in [-0.1, -0.05) is 63.2 Å². The monoisotopic (exact) mass is 678 g/mol. The topological polar surface area (TPSA) is 87.5 Å². The maximum Gasteiger partial charge on any atom is 0.311 e. The standard InChI is InChI=1S/C40H46N4O4S/c1-8-47-38(45)40(5,6)23-35-37(49-39(2,3)4)31-22-30(48-25-29-21-28-11-9-10-12-32(28)41-29)17-19-34(31)44(35)24-26-13-15-27(16-14-26)33-18-20-36(46-7)43-42-33/h9-20,22,29,41H,8,21,23-25H2,1-7H3/t29-/m0/s1. The van der Waals surface area contributed by atoms with Crippen LogP contribution in [0.2, 0.25) is 0 Å². The zero-order chi connectivity index (χ0) is 34.8. The Labute approximate surface area is 293 Å². The molecule has 1 aliphatic heterocycles. The Bertz CT molecular complexity index is 1900. The van der Waals surface area contributed by atoms with Gasteiger partial charge in [0.25, 0.3) is 0 Å². The second-order valence-electron chi connectivity index (χ2n) is 14.2. The molecular weight excluding hydrogens is 633 g/mol. The number of rotatable bonds is 12. The molecule has 9 heteroatoms. The average Bonchev–Trinajstić information content (AvgIpc) is 3.62. The van der Waals surface area contributed by atoms with E-state index in [1.165, 1.54) is 16.1 Å². The van der Waals surface area contributed by atoms with Gasteiger partial charge in [0, 0.05) is 56.5 Å². The van der Waals surface area contributed by atoms with E-state index >= 15 is 0 Å². The number of methoxy groups -OCH3 is 1. The van der Waals surface area contributed by atoms with Crippen LogP contribution >= 0.6 is 11.8 Å². The number of nitrogens with one attached hydrogen (secondary N) is 1. The summed E-state index contributed by atoms with van der Waals surface area (Å²) in [6.07, 6.45) is 1.47. The fourth-order valence-corrected chi connectivity index (χ4v) is 7.44. The summed E-state index contributed by atoms with van der Waals surface area (Å²) in [5.74, 6) is 1.12. The van der Waals surface area contributed by atoms with Gasteiger partial charge in [0.15, 0.2) is 0 Å². The highest BCUT2D eigenvalue weighted by atomic mass is 32.2. The molecular formula is C40H46N4O4S. The first kappa shape index (κ1) is 34.4. The van der Waals surface area contributed by atoms with Crippen LogP contribution in [0.1, 0.15) is 58.4 Å². The molecule has 2 aromatic heterocycles. The van der Waals surface area contributed by atoms with Crippen molar-refractivity contribution in [3.8, 4) is 22.9 Å². The molecule has 1 aliphatic rings. The van der Waals surface area contributed by atoms with Gasteiger partial charge in [-0.3, -0.25) is 4.79 Å². The van der Waals surface area contributed by atoms with Gasteiger partial charge in [-0.15, -0.1) is 22.0 Å². The third kappa shape index (κ3) is 7.88. The molecule has 0 bridgehead atoms. The normalized spacial score (nSPS) is 14.4. The molecule has 5 aromatic rings. The van der Waals surface area contributed by atoms with Crippen LogP contribution in [0.4, 0.5) is 5.69 Å². The maximum absolute atomic E-state index is 13.2. The molecule has 0 saturated carbocycles. The second kappa shape index (κ2) is 14.2. The van der Waals surface area contributed by atoms with Crippen LogP contribution in [0, 0.1) is 5.41 Å². The Morgan fingerprint density at radius 2 is 1.76 bits per heavy atom. The van der Waals surface area contributed by atoms with E-state index in [1.54, 1.807) is 7.11 Å². The highest BCUT2D eigenvalue weighted by Crippen LogP contribution is 2.44. The molecule has 1 N–H and O–H groups in total. The molecule has 6 rings (SSSR count). The summed E-state index contributed by atoms with van der Waals surface area (Å²) in [6, 6.07) is 27.2. The first-order chi connectivity index (χ1) is 23.4. The first-order valence-electron chi connectivity index (χ1n) is 16.9. The lowest BCUT2D eigenvalue weighted by atomic mass is 9.87. The van der Waals surface area contributed by atoms with Crippen molar-refractivity contribution in [2.45, 2.75) is 76.6 Å². The number of aromatic nitrogens is 3. The Morgan fingerprint density at radius 3 is 2.43 bits per heavy atom. The fraction of sp³-hybridized carbons (Fsp3) is 0.375. The molecule has 3 aromatic carbocycles. The number of benzene rings is 3. The molecule has 49 heavy (non-hydrogen) atoms. The van der Waals surface area contributed by atoms with Crippen LogP contribution in [0.15, 0.2) is 83.8 Å². The molecule has 1 atom stereocenters. The van der Waals surface area contributed by atoms with E-state index < -0.39 is 5.41 Å². The molecule has 0 amide bonds. The summed E-state index contributed by atoms with van der Waals surface area (Å²) in [7, 11) is 1.58. The number of fused-ring (bicyclic) bond motifs is 2. The van der Waals surface area contributed by atoms with E-state index in [1.807, 2.05) is 44.7 Å². The lowest BCUT2D eigenvalue weighted by Crippen LogP contribution is -2.30. The van der Waals surface area contributed by atoms with E-state index in [0.29, 0.717) is 32.1 Å².